The fourth-order valence-electron chi connectivity index (χ4n) is 9.20. The first-order valence-electron chi connectivity index (χ1n) is 13.5. The summed E-state index contributed by atoms with van der Waals surface area (Å²) in [5, 5.41) is 24.5. The molecule has 0 unspecified atom stereocenters. The number of rotatable bonds is 6. The minimum atomic E-state index is -0.667. The second kappa shape index (κ2) is 8.75. The third kappa shape index (κ3) is 3.93. The Labute approximate surface area is 204 Å². The molecule has 4 fully saturated rings. The first kappa shape index (κ1) is 24.0. The SMILES string of the molecule is CCOC[C@@]1(O)CC[C@@H]2[C@H]3CC[C@]4(C)[C@@H](C(=O)Cn5cc(C#N)cn5)CC[C@H]4[C@@H]3CC[C@@]2(C)C1. The molecular weight excluding hydrogens is 426 g/mol. The van der Waals surface area contributed by atoms with Crippen molar-refractivity contribution in [3.05, 3.63) is 18.0 Å². The van der Waals surface area contributed by atoms with Gasteiger partial charge in [-0.15, -0.1) is 0 Å². The van der Waals surface area contributed by atoms with E-state index >= 15 is 0 Å². The lowest BCUT2D eigenvalue weighted by Gasteiger charge is -2.61. The molecule has 5 rings (SSSR count). The van der Waals surface area contributed by atoms with E-state index in [4.69, 9.17) is 10.00 Å². The minimum absolute atomic E-state index is 0.0849. The van der Waals surface area contributed by atoms with Gasteiger partial charge in [0.25, 0.3) is 0 Å². The van der Waals surface area contributed by atoms with Crippen molar-refractivity contribution in [2.75, 3.05) is 13.2 Å². The molecular formula is C28H41N3O3. The lowest BCUT2D eigenvalue weighted by molar-refractivity contribution is -0.162. The second-order valence-corrected chi connectivity index (χ2v) is 12.5. The van der Waals surface area contributed by atoms with Gasteiger partial charge in [0.2, 0.25) is 0 Å². The molecule has 0 amide bonds. The highest BCUT2D eigenvalue weighted by atomic mass is 16.5. The van der Waals surface area contributed by atoms with Crippen LogP contribution in [0, 0.1) is 51.8 Å². The monoisotopic (exact) mass is 467 g/mol. The average Bonchev–Trinajstić information content (AvgIpc) is 3.40. The van der Waals surface area contributed by atoms with Crippen LogP contribution in [-0.2, 0) is 16.1 Å². The maximum absolute atomic E-state index is 13.4. The molecule has 4 saturated carbocycles. The van der Waals surface area contributed by atoms with Crippen molar-refractivity contribution in [1.29, 1.82) is 5.26 Å². The third-order valence-electron chi connectivity index (χ3n) is 10.7. The molecule has 0 radical (unpaired) electrons. The van der Waals surface area contributed by atoms with Crippen molar-refractivity contribution in [3.63, 3.8) is 0 Å². The number of Topliss-reactive ketones (excluding diaryl/α,β-unsaturated/α-hetero) is 1. The van der Waals surface area contributed by atoms with Crippen LogP contribution in [-0.4, -0.2) is 39.5 Å². The maximum atomic E-state index is 13.4. The highest BCUT2D eigenvalue weighted by Crippen LogP contribution is 2.67. The molecule has 0 saturated heterocycles. The number of aliphatic hydroxyl groups is 1. The van der Waals surface area contributed by atoms with Crippen LogP contribution in [0.2, 0.25) is 0 Å². The number of fused-ring (bicyclic) bond motifs is 5. The largest absolute Gasteiger partial charge is 0.387 e. The van der Waals surface area contributed by atoms with Crippen LogP contribution in [0.15, 0.2) is 12.4 Å². The Hall–Kier alpha value is -1.71. The lowest BCUT2D eigenvalue weighted by Crippen LogP contribution is -2.56. The second-order valence-electron chi connectivity index (χ2n) is 12.5. The van der Waals surface area contributed by atoms with Crippen LogP contribution in [0.5, 0.6) is 0 Å². The third-order valence-corrected chi connectivity index (χ3v) is 10.7. The maximum Gasteiger partial charge on any atom is 0.157 e. The predicted octanol–water partition coefficient (Wildman–Crippen LogP) is 4.75. The summed E-state index contributed by atoms with van der Waals surface area (Å²) in [6.45, 7) is 8.23. The summed E-state index contributed by atoms with van der Waals surface area (Å²) in [5.74, 6) is 3.14. The highest BCUT2D eigenvalue weighted by molar-refractivity contribution is 5.82. The Balaban J connectivity index is 1.29. The molecule has 4 aliphatic carbocycles. The summed E-state index contributed by atoms with van der Waals surface area (Å²) in [6, 6.07) is 2.10. The van der Waals surface area contributed by atoms with Gasteiger partial charge in [-0.25, -0.2) is 0 Å². The number of aromatic nitrogens is 2. The van der Waals surface area contributed by atoms with Crippen molar-refractivity contribution in [2.24, 2.45) is 40.4 Å². The number of ether oxygens (including phenoxy) is 1. The topological polar surface area (TPSA) is 88.1 Å². The fraction of sp³-hybridized carbons (Fsp3) is 0.821. The van der Waals surface area contributed by atoms with Gasteiger partial charge < -0.3 is 9.84 Å². The number of carbonyl (C=O) groups excluding carboxylic acids is 1. The Morgan fingerprint density at radius 2 is 1.94 bits per heavy atom. The molecule has 0 spiro atoms. The number of hydrogen-bond donors (Lipinski definition) is 1. The predicted molar refractivity (Wildman–Crippen MR) is 129 cm³/mol. The van der Waals surface area contributed by atoms with E-state index in [2.05, 4.69) is 25.0 Å². The first-order chi connectivity index (χ1) is 16.2. The van der Waals surface area contributed by atoms with E-state index in [0.717, 1.165) is 44.4 Å². The molecule has 0 bridgehead atoms. The quantitative estimate of drug-likeness (QED) is 0.652. The van der Waals surface area contributed by atoms with Gasteiger partial charge in [-0.1, -0.05) is 13.8 Å². The summed E-state index contributed by atoms with van der Waals surface area (Å²) in [4.78, 5) is 13.4. The van der Waals surface area contributed by atoms with E-state index in [1.165, 1.54) is 25.5 Å². The molecule has 186 valence electrons. The number of nitriles is 1. The molecule has 0 aromatic carbocycles. The molecule has 1 aromatic rings. The summed E-state index contributed by atoms with van der Waals surface area (Å²) in [7, 11) is 0. The van der Waals surface area contributed by atoms with E-state index in [1.807, 2.05) is 6.92 Å². The van der Waals surface area contributed by atoms with Gasteiger partial charge in [-0.3, -0.25) is 9.48 Å². The summed E-state index contributed by atoms with van der Waals surface area (Å²) in [5.41, 5.74) is 0.127. The zero-order valence-corrected chi connectivity index (χ0v) is 21.1. The van der Waals surface area contributed by atoms with Gasteiger partial charge in [0, 0.05) is 18.7 Å². The van der Waals surface area contributed by atoms with Gasteiger partial charge >= 0.3 is 0 Å². The summed E-state index contributed by atoms with van der Waals surface area (Å²) < 4.78 is 7.30. The molecule has 8 atom stereocenters. The average molecular weight is 468 g/mol. The van der Waals surface area contributed by atoms with Crippen LogP contribution >= 0.6 is 0 Å². The van der Waals surface area contributed by atoms with Crippen LogP contribution in [0.25, 0.3) is 0 Å². The number of hydrogen-bond acceptors (Lipinski definition) is 5. The van der Waals surface area contributed by atoms with E-state index in [1.54, 1.807) is 10.9 Å². The normalized spacial score (nSPS) is 43.4. The number of carbonyl (C=O) groups is 1. The van der Waals surface area contributed by atoms with E-state index in [0.29, 0.717) is 36.5 Å². The molecule has 0 aliphatic heterocycles. The molecule has 1 heterocycles. The van der Waals surface area contributed by atoms with Crippen LogP contribution in [0.1, 0.15) is 84.1 Å². The molecule has 34 heavy (non-hydrogen) atoms. The molecule has 6 nitrogen and oxygen atoms in total. The zero-order chi connectivity index (χ0) is 24.1. The van der Waals surface area contributed by atoms with Gasteiger partial charge in [0.1, 0.15) is 6.07 Å². The Kier molecular flexibility index (Phi) is 6.18. The van der Waals surface area contributed by atoms with Gasteiger partial charge in [0.15, 0.2) is 5.78 Å². The van der Waals surface area contributed by atoms with E-state index < -0.39 is 5.60 Å². The number of nitrogens with zero attached hydrogens (tertiary/aromatic N) is 3. The van der Waals surface area contributed by atoms with Gasteiger partial charge in [0.05, 0.1) is 30.5 Å². The van der Waals surface area contributed by atoms with Crippen LogP contribution in [0.4, 0.5) is 0 Å². The van der Waals surface area contributed by atoms with Gasteiger partial charge in [-0.2, -0.15) is 10.4 Å². The van der Waals surface area contributed by atoms with Crippen LogP contribution in [0.3, 0.4) is 0 Å². The standard InChI is InChI=1S/C28H41N3O3/c1-4-34-18-28(33)12-9-22-20-8-11-27(3)23(21(20)7-10-26(22,2)17-28)5-6-24(27)25(32)16-31-15-19(13-29)14-30-31/h14-15,20-24,33H,4-12,16-18H2,1-3H3/t20-,21+,22+,23-,24+,26-,27-,28+/m0/s1. The Morgan fingerprint density at radius 3 is 2.68 bits per heavy atom. The van der Waals surface area contributed by atoms with Crippen molar-refractivity contribution in [1.82, 2.24) is 9.78 Å². The highest BCUT2D eigenvalue weighted by Gasteiger charge is 2.61. The molecule has 1 N–H and O–H groups in total. The van der Waals surface area contributed by atoms with E-state index in [9.17, 15) is 9.90 Å². The molecule has 4 aliphatic rings. The fourth-order valence-corrected chi connectivity index (χ4v) is 9.20. The smallest absolute Gasteiger partial charge is 0.157 e. The van der Waals surface area contributed by atoms with Crippen molar-refractivity contribution in [3.8, 4) is 6.07 Å². The molecule has 1 aromatic heterocycles. The van der Waals surface area contributed by atoms with Crippen molar-refractivity contribution < 1.29 is 14.6 Å². The minimum Gasteiger partial charge on any atom is -0.387 e. The lowest BCUT2D eigenvalue weighted by atomic mass is 9.45. The van der Waals surface area contributed by atoms with E-state index in [-0.39, 0.29) is 29.1 Å². The summed E-state index contributed by atoms with van der Waals surface area (Å²) >= 11 is 0. The molecule has 6 heteroatoms. The zero-order valence-electron chi connectivity index (χ0n) is 21.1. The van der Waals surface area contributed by atoms with Crippen molar-refractivity contribution >= 4 is 5.78 Å². The summed E-state index contributed by atoms with van der Waals surface area (Å²) in [6.07, 6.45) is 13.0. The Bertz CT molecular complexity index is 968. The Morgan fingerprint density at radius 1 is 1.18 bits per heavy atom. The first-order valence-corrected chi connectivity index (χ1v) is 13.5. The van der Waals surface area contributed by atoms with Crippen LogP contribution < -0.4 is 0 Å². The van der Waals surface area contributed by atoms with Crippen molar-refractivity contribution in [2.45, 2.75) is 90.7 Å². The number of ketones is 1. The van der Waals surface area contributed by atoms with Gasteiger partial charge in [-0.05, 0) is 99.2 Å².